The Balaban J connectivity index is 2.10. The van der Waals surface area contributed by atoms with Crippen molar-refractivity contribution >= 4 is 17.5 Å². The van der Waals surface area contributed by atoms with Gasteiger partial charge in [-0.25, -0.2) is 0 Å². The van der Waals surface area contributed by atoms with Crippen LogP contribution in [0.3, 0.4) is 0 Å². The third-order valence-corrected chi connectivity index (χ3v) is 4.95. The normalized spacial score (nSPS) is 12.9. The van der Waals surface area contributed by atoms with Crippen LogP contribution in [-0.4, -0.2) is 26.2 Å². The van der Waals surface area contributed by atoms with Crippen molar-refractivity contribution in [2.24, 2.45) is 0 Å². The van der Waals surface area contributed by atoms with Gasteiger partial charge in [-0.3, -0.25) is 4.79 Å². The van der Waals surface area contributed by atoms with Gasteiger partial charge in [-0.1, -0.05) is 11.6 Å². The van der Waals surface area contributed by atoms with E-state index in [-0.39, 0.29) is 11.9 Å². The van der Waals surface area contributed by atoms with Crippen molar-refractivity contribution < 1.29 is 19.0 Å². The lowest BCUT2D eigenvalue weighted by Crippen LogP contribution is -2.37. The number of amides is 1. The van der Waals surface area contributed by atoms with Crippen molar-refractivity contribution in [2.75, 3.05) is 14.2 Å². The lowest BCUT2D eigenvalue weighted by molar-refractivity contribution is -0.127. The summed E-state index contributed by atoms with van der Waals surface area (Å²) in [5.74, 6) is 1.77. The van der Waals surface area contributed by atoms with Gasteiger partial charge >= 0.3 is 0 Å². The van der Waals surface area contributed by atoms with Gasteiger partial charge < -0.3 is 19.5 Å². The van der Waals surface area contributed by atoms with E-state index in [9.17, 15) is 4.79 Å². The van der Waals surface area contributed by atoms with E-state index in [4.69, 9.17) is 25.8 Å². The van der Waals surface area contributed by atoms with Crippen LogP contribution in [0.15, 0.2) is 30.3 Å². The Hall–Kier alpha value is -2.40. The van der Waals surface area contributed by atoms with E-state index in [2.05, 4.69) is 5.32 Å². The first-order valence-electron chi connectivity index (χ1n) is 8.72. The smallest absolute Gasteiger partial charge is 0.261 e. The second-order valence-corrected chi connectivity index (χ2v) is 6.85. The zero-order chi connectivity index (χ0) is 20.1. The number of rotatable bonds is 7. The van der Waals surface area contributed by atoms with Gasteiger partial charge in [0, 0.05) is 10.6 Å². The first-order chi connectivity index (χ1) is 12.8. The molecule has 0 saturated heterocycles. The number of halogens is 1. The van der Waals surface area contributed by atoms with Crippen molar-refractivity contribution in [3.05, 3.63) is 52.0 Å². The standard InChI is InChI=1S/C21H26ClNO4/c1-12-9-17(10-13(2)20(12)22)27-15(4)21(24)23-14(3)18-11-16(25-5)7-8-19(18)26-6/h7-11,14-15H,1-6H3,(H,23,24)/t14-,15+/m1/s1. The fourth-order valence-corrected chi connectivity index (χ4v) is 2.93. The van der Waals surface area contributed by atoms with Crippen molar-refractivity contribution in [2.45, 2.75) is 39.8 Å². The van der Waals surface area contributed by atoms with Crippen LogP contribution in [0.1, 0.15) is 36.6 Å². The Morgan fingerprint density at radius 1 is 1.00 bits per heavy atom. The second-order valence-electron chi connectivity index (χ2n) is 6.47. The van der Waals surface area contributed by atoms with Gasteiger partial charge in [-0.15, -0.1) is 0 Å². The highest BCUT2D eigenvalue weighted by atomic mass is 35.5. The summed E-state index contributed by atoms with van der Waals surface area (Å²) < 4.78 is 16.5. The van der Waals surface area contributed by atoms with Crippen LogP contribution in [0.25, 0.3) is 0 Å². The average molecular weight is 392 g/mol. The van der Waals surface area contributed by atoms with Crippen molar-refractivity contribution in [1.29, 1.82) is 0 Å². The molecule has 1 amide bonds. The van der Waals surface area contributed by atoms with Gasteiger partial charge in [0.1, 0.15) is 17.2 Å². The molecular formula is C21H26ClNO4. The van der Waals surface area contributed by atoms with E-state index in [1.807, 2.05) is 51.1 Å². The minimum Gasteiger partial charge on any atom is -0.497 e. The van der Waals surface area contributed by atoms with Gasteiger partial charge in [-0.05, 0) is 69.2 Å². The molecule has 2 aromatic rings. The predicted octanol–water partition coefficient (Wildman–Crippen LogP) is 4.62. The van der Waals surface area contributed by atoms with Gasteiger partial charge in [0.2, 0.25) is 0 Å². The minimum atomic E-state index is -0.663. The molecule has 0 unspecified atom stereocenters. The molecule has 0 aliphatic carbocycles. The highest BCUT2D eigenvalue weighted by Gasteiger charge is 2.20. The number of benzene rings is 2. The monoisotopic (exact) mass is 391 g/mol. The van der Waals surface area contributed by atoms with Gasteiger partial charge in [0.15, 0.2) is 6.10 Å². The van der Waals surface area contributed by atoms with E-state index in [0.717, 1.165) is 16.7 Å². The van der Waals surface area contributed by atoms with E-state index in [1.54, 1.807) is 21.1 Å². The maximum Gasteiger partial charge on any atom is 0.261 e. The molecule has 1 N–H and O–H groups in total. The Labute approximate surface area is 165 Å². The number of hydrogen-bond acceptors (Lipinski definition) is 4. The molecule has 146 valence electrons. The molecule has 0 saturated carbocycles. The molecule has 0 aromatic heterocycles. The summed E-state index contributed by atoms with van der Waals surface area (Å²) in [5.41, 5.74) is 2.65. The van der Waals surface area contributed by atoms with Crippen LogP contribution < -0.4 is 19.5 Å². The van der Waals surface area contributed by atoms with E-state index in [0.29, 0.717) is 22.3 Å². The summed E-state index contributed by atoms with van der Waals surface area (Å²) in [6, 6.07) is 8.86. The number of aryl methyl sites for hydroxylation is 2. The van der Waals surface area contributed by atoms with Crippen LogP contribution in [0, 0.1) is 13.8 Å². The lowest BCUT2D eigenvalue weighted by Gasteiger charge is -2.21. The number of carbonyl (C=O) groups is 1. The summed E-state index contributed by atoms with van der Waals surface area (Å²) in [6.45, 7) is 7.41. The molecule has 0 aliphatic heterocycles. The highest BCUT2D eigenvalue weighted by molar-refractivity contribution is 6.32. The molecule has 0 bridgehead atoms. The van der Waals surface area contributed by atoms with Crippen molar-refractivity contribution in [3.63, 3.8) is 0 Å². The first-order valence-corrected chi connectivity index (χ1v) is 9.10. The summed E-state index contributed by atoms with van der Waals surface area (Å²) in [7, 11) is 3.19. The Kier molecular flexibility index (Phi) is 6.97. The fraction of sp³-hybridized carbons (Fsp3) is 0.381. The average Bonchev–Trinajstić information content (AvgIpc) is 2.65. The Morgan fingerprint density at radius 2 is 1.63 bits per heavy atom. The molecule has 2 rings (SSSR count). The maximum absolute atomic E-state index is 12.6. The zero-order valence-corrected chi connectivity index (χ0v) is 17.3. The van der Waals surface area contributed by atoms with Crippen LogP contribution >= 0.6 is 11.6 Å². The lowest BCUT2D eigenvalue weighted by atomic mass is 10.1. The first kappa shape index (κ1) is 20.9. The molecule has 2 aromatic carbocycles. The van der Waals surface area contributed by atoms with Gasteiger partial charge in [0.05, 0.1) is 20.3 Å². The largest absolute Gasteiger partial charge is 0.497 e. The molecule has 0 fully saturated rings. The molecule has 0 radical (unpaired) electrons. The maximum atomic E-state index is 12.6. The second kappa shape index (κ2) is 9.00. The van der Waals surface area contributed by atoms with E-state index in [1.165, 1.54) is 0 Å². The number of methoxy groups -OCH3 is 2. The van der Waals surface area contributed by atoms with Crippen LogP contribution in [0.2, 0.25) is 5.02 Å². The molecular weight excluding hydrogens is 366 g/mol. The third-order valence-electron chi connectivity index (χ3n) is 4.35. The van der Waals surface area contributed by atoms with Crippen LogP contribution in [0.5, 0.6) is 17.2 Å². The third kappa shape index (κ3) is 5.07. The predicted molar refractivity (Wildman–Crippen MR) is 107 cm³/mol. The quantitative estimate of drug-likeness (QED) is 0.748. The molecule has 6 heteroatoms. The summed E-state index contributed by atoms with van der Waals surface area (Å²) in [5, 5.41) is 3.66. The summed E-state index contributed by atoms with van der Waals surface area (Å²) >= 11 is 6.18. The Morgan fingerprint density at radius 3 is 2.19 bits per heavy atom. The van der Waals surface area contributed by atoms with Crippen molar-refractivity contribution in [1.82, 2.24) is 5.32 Å². The molecule has 5 nitrogen and oxygen atoms in total. The zero-order valence-electron chi connectivity index (χ0n) is 16.6. The number of ether oxygens (including phenoxy) is 3. The van der Waals surface area contributed by atoms with Gasteiger partial charge in [0.25, 0.3) is 5.91 Å². The number of nitrogens with one attached hydrogen (secondary N) is 1. The molecule has 0 spiro atoms. The van der Waals surface area contributed by atoms with Crippen molar-refractivity contribution in [3.8, 4) is 17.2 Å². The van der Waals surface area contributed by atoms with E-state index >= 15 is 0 Å². The summed E-state index contributed by atoms with van der Waals surface area (Å²) in [6.07, 6.45) is -0.663. The minimum absolute atomic E-state index is 0.224. The topological polar surface area (TPSA) is 56.8 Å². The van der Waals surface area contributed by atoms with Crippen LogP contribution in [-0.2, 0) is 4.79 Å². The number of carbonyl (C=O) groups excluding carboxylic acids is 1. The molecule has 0 heterocycles. The SMILES string of the molecule is COc1ccc(OC)c([C@@H](C)NC(=O)[C@H](C)Oc2cc(C)c(Cl)c(C)c2)c1. The van der Waals surface area contributed by atoms with Gasteiger partial charge in [-0.2, -0.15) is 0 Å². The summed E-state index contributed by atoms with van der Waals surface area (Å²) in [4.78, 5) is 12.6. The van der Waals surface area contributed by atoms with Crippen LogP contribution in [0.4, 0.5) is 0 Å². The molecule has 2 atom stereocenters. The molecule has 0 aliphatic rings. The van der Waals surface area contributed by atoms with E-state index < -0.39 is 6.10 Å². The number of hydrogen-bond donors (Lipinski definition) is 1. The Bertz CT molecular complexity index is 799. The molecule has 27 heavy (non-hydrogen) atoms. The fourth-order valence-electron chi connectivity index (χ4n) is 2.82. The highest BCUT2D eigenvalue weighted by Crippen LogP contribution is 2.30.